The Hall–Kier alpha value is -0.610. The van der Waals surface area contributed by atoms with E-state index in [9.17, 15) is 4.79 Å². The predicted molar refractivity (Wildman–Crippen MR) is 71.0 cm³/mol. The smallest absolute Gasteiger partial charge is 0.236 e. The van der Waals surface area contributed by atoms with Gasteiger partial charge in [-0.05, 0) is 52.2 Å². The second-order valence-electron chi connectivity index (χ2n) is 5.19. The number of hydrogen-bond acceptors (Lipinski definition) is 3. The van der Waals surface area contributed by atoms with E-state index in [2.05, 4.69) is 29.5 Å². The highest BCUT2D eigenvalue weighted by Crippen LogP contribution is 2.13. The highest BCUT2D eigenvalue weighted by Gasteiger charge is 2.19. The van der Waals surface area contributed by atoms with Crippen LogP contribution in [0.25, 0.3) is 0 Å². The van der Waals surface area contributed by atoms with E-state index in [0.29, 0.717) is 5.92 Å². The Morgan fingerprint density at radius 2 is 2.29 bits per heavy atom. The molecule has 0 aromatic carbocycles. The Balaban J connectivity index is 2.18. The molecule has 0 bridgehead atoms. The summed E-state index contributed by atoms with van der Waals surface area (Å²) in [5.74, 6) is 0.811. The largest absolute Gasteiger partial charge is 0.355 e. The quantitative estimate of drug-likeness (QED) is 0.724. The molecule has 2 unspecified atom stereocenters. The van der Waals surface area contributed by atoms with Gasteiger partial charge in [0.1, 0.15) is 0 Å². The molecular weight excluding hydrogens is 214 g/mol. The SMILES string of the molecule is CCCNC(=O)C(C)NCC1CCCN(C)C1. The molecule has 0 aliphatic carbocycles. The average Bonchev–Trinajstić information content (AvgIpc) is 2.33. The van der Waals surface area contributed by atoms with Gasteiger partial charge in [0.2, 0.25) is 5.91 Å². The van der Waals surface area contributed by atoms with Gasteiger partial charge in [0.05, 0.1) is 6.04 Å². The molecule has 1 fully saturated rings. The van der Waals surface area contributed by atoms with E-state index in [1.54, 1.807) is 0 Å². The minimum Gasteiger partial charge on any atom is -0.355 e. The van der Waals surface area contributed by atoms with Crippen molar-refractivity contribution in [3.63, 3.8) is 0 Å². The average molecular weight is 241 g/mol. The highest BCUT2D eigenvalue weighted by molar-refractivity contribution is 5.81. The van der Waals surface area contributed by atoms with E-state index in [1.165, 1.54) is 19.4 Å². The summed E-state index contributed by atoms with van der Waals surface area (Å²) in [4.78, 5) is 14.0. The number of carbonyl (C=O) groups is 1. The molecule has 0 radical (unpaired) electrons. The normalized spacial score (nSPS) is 23.4. The number of amides is 1. The number of rotatable bonds is 6. The first-order valence-corrected chi connectivity index (χ1v) is 6.83. The van der Waals surface area contributed by atoms with Crippen LogP contribution in [0.15, 0.2) is 0 Å². The molecule has 1 amide bonds. The topological polar surface area (TPSA) is 44.4 Å². The van der Waals surface area contributed by atoms with Gasteiger partial charge in [0, 0.05) is 13.1 Å². The van der Waals surface area contributed by atoms with Gasteiger partial charge in [-0.25, -0.2) is 0 Å². The summed E-state index contributed by atoms with van der Waals surface area (Å²) >= 11 is 0. The maximum Gasteiger partial charge on any atom is 0.236 e. The number of hydrogen-bond donors (Lipinski definition) is 2. The van der Waals surface area contributed by atoms with Crippen molar-refractivity contribution in [1.29, 1.82) is 0 Å². The molecule has 0 aromatic rings. The first-order valence-electron chi connectivity index (χ1n) is 6.83. The van der Waals surface area contributed by atoms with Crippen LogP contribution >= 0.6 is 0 Å². The molecule has 0 aromatic heterocycles. The van der Waals surface area contributed by atoms with Crippen molar-refractivity contribution in [2.45, 2.75) is 39.2 Å². The Labute approximate surface area is 105 Å². The van der Waals surface area contributed by atoms with Crippen LogP contribution in [0.4, 0.5) is 0 Å². The Morgan fingerprint density at radius 3 is 2.94 bits per heavy atom. The van der Waals surface area contributed by atoms with Crippen molar-refractivity contribution in [2.24, 2.45) is 5.92 Å². The molecule has 4 heteroatoms. The third kappa shape index (κ3) is 5.50. The lowest BCUT2D eigenvalue weighted by atomic mass is 9.98. The maximum atomic E-state index is 11.7. The molecule has 1 rings (SSSR count). The highest BCUT2D eigenvalue weighted by atomic mass is 16.2. The van der Waals surface area contributed by atoms with Gasteiger partial charge >= 0.3 is 0 Å². The molecule has 1 heterocycles. The fraction of sp³-hybridized carbons (Fsp3) is 0.923. The molecule has 100 valence electrons. The fourth-order valence-corrected chi connectivity index (χ4v) is 2.28. The second-order valence-corrected chi connectivity index (χ2v) is 5.19. The van der Waals surface area contributed by atoms with Crippen LogP contribution in [-0.2, 0) is 4.79 Å². The van der Waals surface area contributed by atoms with E-state index in [-0.39, 0.29) is 11.9 Å². The molecule has 17 heavy (non-hydrogen) atoms. The summed E-state index contributed by atoms with van der Waals surface area (Å²) in [7, 11) is 2.17. The molecule has 0 spiro atoms. The van der Waals surface area contributed by atoms with Crippen LogP contribution in [0.3, 0.4) is 0 Å². The van der Waals surface area contributed by atoms with E-state index in [1.807, 2.05) is 6.92 Å². The first-order chi connectivity index (χ1) is 8.13. The van der Waals surface area contributed by atoms with Gasteiger partial charge in [0.15, 0.2) is 0 Å². The summed E-state index contributed by atoms with van der Waals surface area (Å²) in [6.45, 7) is 8.09. The summed E-state index contributed by atoms with van der Waals surface area (Å²) < 4.78 is 0. The summed E-state index contributed by atoms with van der Waals surface area (Å²) in [6.07, 6.45) is 3.55. The number of nitrogens with one attached hydrogen (secondary N) is 2. The second kappa shape index (κ2) is 7.67. The first kappa shape index (κ1) is 14.5. The van der Waals surface area contributed by atoms with Crippen molar-refractivity contribution in [1.82, 2.24) is 15.5 Å². The molecule has 1 aliphatic heterocycles. The lowest BCUT2D eigenvalue weighted by Crippen LogP contribution is -2.46. The van der Waals surface area contributed by atoms with Crippen molar-refractivity contribution >= 4 is 5.91 Å². The van der Waals surface area contributed by atoms with Crippen LogP contribution in [0, 0.1) is 5.92 Å². The minimum absolute atomic E-state index is 0.0752. The molecule has 4 nitrogen and oxygen atoms in total. The zero-order valence-corrected chi connectivity index (χ0v) is 11.5. The monoisotopic (exact) mass is 241 g/mol. The zero-order valence-electron chi connectivity index (χ0n) is 11.5. The molecule has 2 N–H and O–H groups in total. The van der Waals surface area contributed by atoms with Crippen molar-refractivity contribution in [3.05, 3.63) is 0 Å². The molecular formula is C13H27N3O. The lowest BCUT2D eigenvalue weighted by molar-refractivity contribution is -0.122. The van der Waals surface area contributed by atoms with Crippen LogP contribution in [0.5, 0.6) is 0 Å². The Kier molecular flexibility index (Phi) is 6.52. The molecule has 1 aliphatic rings. The van der Waals surface area contributed by atoms with Crippen LogP contribution in [0.2, 0.25) is 0 Å². The van der Waals surface area contributed by atoms with E-state index in [0.717, 1.165) is 26.1 Å². The summed E-state index contributed by atoms with van der Waals surface area (Å²) in [5.41, 5.74) is 0. The fourth-order valence-electron chi connectivity index (χ4n) is 2.28. The van der Waals surface area contributed by atoms with Gasteiger partial charge < -0.3 is 15.5 Å². The number of likely N-dealkylation sites (tertiary alicyclic amines) is 1. The number of carbonyl (C=O) groups excluding carboxylic acids is 1. The van der Waals surface area contributed by atoms with Crippen LogP contribution in [-0.4, -0.2) is 50.1 Å². The maximum absolute atomic E-state index is 11.7. The van der Waals surface area contributed by atoms with Crippen molar-refractivity contribution in [3.8, 4) is 0 Å². The summed E-state index contributed by atoms with van der Waals surface area (Å²) in [5, 5.41) is 6.26. The van der Waals surface area contributed by atoms with Crippen molar-refractivity contribution < 1.29 is 4.79 Å². The van der Waals surface area contributed by atoms with E-state index in [4.69, 9.17) is 0 Å². The zero-order chi connectivity index (χ0) is 12.7. The molecule has 2 atom stereocenters. The van der Waals surface area contributed by atoms with Gasteiger partial charge in [-0.3, -0.25) is 4.79 Å². The number of piperidine rings is 1. The standard InChI is InChI=1S/C13H27N3O/c1-4-7-14-13(17)11(2)15-9-12-6-5-8-16(3)10-12/h11-12,15H,4-10H2,1-3H3,(H,14,17). The van der Waals surface area contributed by atoms with Gasteiger partial charge in [-0.2, -0.15) is 0 Å². The van der Waals surface area contributed by atoms with E-state index < -0.39 is 0 Å². The van der Waals surface area contributed by atoms with Gasteiger partial charge in [0.25, 0.3) is 0 Å². The molecule has 1 saturated heterocycles. The minimum atomic E-state index is -0.0752. The predicted octanol–water partition coefficient (Wildman–Crippen LogP) is 0.833. The Morgan fingerprint density at radius 1 is 1.53 bits per heavy atom. The van der Waals surface area contributed by atoms with Crippen LogP contribution < -0.4 is 10.6 Å². The Bertz CT molecular complexity index is 233. The van der Waals surface area contributed by atoms with Gasteiger partial charge in [-0.1, -0.05) is 6.92 Å². The number of nitrogens with zero attached hydrogens (tertiary/aromatic N) is 1. The summed E-state index contributed by atoms with van der Waals surface area (Å²) in [6, 6.07) is -0.0752. The third-order valence-electron chi connectivity index (χ3n) is 3.38. The van der Waals surface area contributed by atoms with Crippen molar-refractivity contribution in [2.75, 3.05) is 33.2 Å². The third-order valence-corrected chi connectivity index (χ3v) is 3.38. The lowest BCUT2D eigenvalue weighted by Gasteiger charge is -2.30. The van der Waals surface area contributed by atoms with E-state index >= 15 is 0 Å². The molecule has 0 saturated carbocycles. The van der Waals surface area contributed by atoms with Crippen LogP contribution in [0.1, 0.15) is 33.1 Å². The van der Waals surface area contributed by atoms with Gasteiger partial charge in [-0.15, -0.1) is 0 Å².